The highest BCUT2D eigenvalue weighted by Gasteiger charge is 2.15. The summed E-state index contributed by atoms with van der Waals surface area (Å²) in [5, 5.41) is 15.5. The van der Waals surface area contributed by atoms with E-state index in [4.69, 9.17) is 9.47 Å². The predicted molar refractivity (Wildman–Crippen MR) is 85.9 cm³/mol. The van der Waals surface area contributed by atoms with Gasteiger partial charge >= 0.3 is 0 Å². The van der Waals surface area contributed by atoms with Crippen molar-refractivity contribution in [3.63, 3.8) is 0 Å². The molecule has 0 saturated heterocycles. The first-order valence-electron chi connectivity index (χ1n) is 7.16. The molecule has 3 rings (SSSR count). The van der Waals surface area contributed by atoms with Gasteiger partial charge in [-0.1, -0.05) is 35.4 Å². The van der Waals surface area contributed by atoms with Crippen LogP contribution in [0.5, 0.6) is 11.5 Å². The van der Waals surface area contributed by atoms with E-state index >= 15 is 0 Å². The second-order valence-electron chi connectivity index (χ2n) is 4.84. The molecule has 24 heavy (non-hydrogen) atoms. The summed E-state index contributed by atoms with van der Waals surface area (Å²) >= 11 is 0. The van der Waals surface area contributed by atoms with Crippen LogP contribution in [-0.4, -0.2) is 33.6 Å². The first kappa shape index (κ1) is 15.5. The van der Waals surface area contributed by atoms with E-state index in [1.54, 1.807) is 25.3 Å². The topological polar surface area (TPSA) is 102 Å². The van der Waals surface area contributed by atoms with Crippen LogP contribution < -0.4 is 14.8 Å². The van der Waals surface area contributed by atoms with Crippen LogP contribution in [0.3, 0.4) is 0 Å². The van der Waals surface area contributed by atoms with Gasteiger partial charge < -0.3 is 9.47 Å². The van der Waals surface area contributed by atoms with E-state index in [2.05, 4.69) is 25.9 Å². The van der Waals surface area contributed by atoms with E-state index in [0.717, 1.165) is 5.56 Å². The largest absolute Gasteiger partial charge is 0.497 e. The maximum Gasteiger partial charge on any atom is 0.261 e. The monoisotopic (exact) mass is 325 g/mol. The molecule has 0 aliphatic heterocycles. The van der Waals surface area contributed by atoms with Crippen LogP contribution in [0.15, 0.2) is 48.5 Å². The zero-order chi connectivity index (χ0) is 16.8. The number of hydrogen-bond acceptors (Lipinski definition) is 6. The highest BCUT2D eigenvalue weighted by atomic mass is 16.5. The number of benzene rings is 2. The number of tetrazole rings is 1. The molecule has 0 aliphatic rings. The van der Waals surface area contributed by atoms with Crippen molar-refractivity contribution in [3.05, 3.63) is 59.7 Å². The van der Waals surface area contributed by atoms with Gasteiger partial charge in [-0.3, -0.25) is 10.1 Å². The molecule has 0 saturated carbocycles. The number of methoxy groups -OCH3 is 1. The molecule has 0 bridgehead atoms. The Labute approximate surface area is 137 Å². The molecular formula is C16H15N5O3. The van der Waals surface area contributed by atoms with Gasteiger partial charge in [0.25, 0.3) is 5.91 Å². The zero-order valence-corrected chi connectivity index (χ0v) is 12.9. The molecule has 2 N–H and O–H groups in total. The number of anilines is 1. The Morgan fingerprint density at radius 1 is 1.21 bits per heavy atom. The summed E-state index contributed by atoms with van der Waals surface area (Å²) in [7, 11) is 1.55. The lowest BCUT2D eigenvalue weighted by atomic mass is 10.1. The first-order valence-corrected chi connectivity index (χ1v) is 7.16. The standard InChI is InChI=1S/C16H15N5O3/c1-23-12-7-8-13(15(22)17-16-18-20-21-19-16)14(9-12)24-10-11-5-3-2-4-6-11/h2-9H,10H2,1H3,(H2,17,18,19,20,21,22). The van der Waals surface area contributed by atoms with Gasteiger partial charge in [0.2, 0.25) is 5.95 Å². The van der Waals surface area contributed by atoms with Gasteiger partial charge in [-0.2, -0.15) is 0 Å². The number of carbonyl (C=O) groups is 1. The first-order chi connectivity index (χ1) is 11.8. The minimum atomic E-state index is -0.390. The van der Waals surface area contributed by atoms with E-state index < -0.39 is 0 Å². The molecule has 1 aromatic heterocycles. The van der Waals surface area contributed by atoms with Crippen LogP contribution in [0.2, 0.25) is 0 Å². The summed E-state index contributed by atoms with van der Waals surface area (Å²) in [4.78, 5) is 12.4. The normalized spacial score (nSPS) is 10.2. The number of nitrogens with zero attached hydrogens (tertiary/aromatic N) is 3. The molecule has 122 valence electrons. The van der Waals surface area contributed by atoms with Gasteiger partial charge in [0.15, 0.2) is 0 Å². The number of hydrogen-bond donors (Lipinski definition) is 2. The third kappa shape index (κ3) is 3.67. The molecule has 3 aromatic rings. The molecule has 0 unspecified atom stereocenters. The molecule has 0 radical (unpaired) electrons. The van der Waals surface area contributed by atoms with E-state index in [9.17, 15) is 4.79 Å². The van der Waals surface area contributed by atoms with Gasteiger partial charge in [-0.15, -0.1) is 0 Å². The fourth-order valence-corrected chi connectivity index (χ4v) is 2.06. The van der Waals surface area contributed by atoms with Crippen molar-refractivity contribution in [1.82, 2.24) is 20.6 Å². The SMILES string of the molecule is COc1ccc(C(=O)Nc2nnn[nH]2)c(OCc2ccccc2)c1. The minimum Gasteiger partial charge on any atom is -0.497 e. The highest BCUT2D eigenvalue weighted by Crippen LogP contribution is 2.26. The highest BCUT2D eigenvalue weighted by molar-refractivity contribution is 6.05. The number of rotatable bonds is 6. The second-order valence-corrected chi connectivity index (χ2v) is 4.84. The maximum absolute atomic E-state index is 12.4. The minimum absolute atomic E-state index is 0.157. The molecule has 1 amide bonds. The number of amides is 1. The Kier molecular flexibility index (Phi) is 4.66. The van der Waals surface area contributed by atoms with Crippen molar-refractivity contribution in [2.45, 2.75) is 6.61 Å². The Bertz CT molecular complexity index is 806. The van der Waals surface area contributed by atoms with Crippen molar-refractivity contribution in [2.24, 2.45) is 0 Å². The molecule has 1 heterocycles. The van der Waals surface area contributed by atoms with Crippen molar-refractivity contribution in [3.8, 4) is 11.5 Å². The van der Waals surface area contributed by atoms with Gasteiger partial charge in [-0.25, -0.2) is 5.10 Å². The van der Waals surface area contributed by atoms with E-state index in [1.165, 1.54) is 0 Å². The predicted octanol–water partition coefficient (Wildman–Crippen LogP) is 2.04. The van der Waals surface area contributed by atoms with Crippen LogP contribution in [0.1, 0.15) is 15.9 Å². The number of carbonyl (C=O) groups excluding carboxylic acids is 1. The number of nitrogens with one attached hydrogen (secondary N) is 2. The van der Waals surface area contributed by atoms with Crippen molar-refractivity contribution < 1.29 is 14.3 Å². The lowest BCUT2D eigenvalue weighted by Gasteiger charge is -2.12. The summed E-state index contributed by atoms with van der Waals surface area (Å²) in [6.45, 7) is 0.331. The zero-order valence-electron chi connectivity index (χ0n) is 12.9. The summed E-state index contributed by atoms with van der Waals surface area (Å²) in [6.07, 6.45) is 0. The number of aromatic amines is 1. The molecule has 0 fully saturated rings. The van der Waals surface area contributed by atoms with Crippen molar-refractivity contribution in [2.75, 3.05) is 12.4 Å². The van der Waals surface area contributed by atoms with Gasteiger partial charge in [-0.05, 0) is 28.1 Å². The number of ether oxygens (including phenoxy) is 2. The van der Waals surface area contributed by atoms with Crippen molar-refractivity contribution >= 4 is 11.9 Å². The average molecular weight is 325 g/mol. The molecule has 0 aliphatic carbocycles. The Morgan fingerprint density at radius 3 is 2.75 bits per heavy atom. The lowest BCUT2D eigenvalue weighted by molar-refractivity contribution is 0.102. The van der Waals surface area contributed by atoms with E-state index in [1.807, 2.05) is 30.3 Å². The summed E-state index contributed by atoms with van der Waals surface area (Å²) in [6, 6.07) is 14.6. The summed E-state index contributed by atoms with van der Waals surface area (Å²) in [5.74, 6) is 0.767. The van der Waals surface area contributed by atoms with Crippen LogP contribution in [0, 0.1) is 0 Å². The smallest absolute Gasteiger partial charge is 0.261 e. The lowest BCUT2D eigenvalue weighted by Crippen LogP contribution is -2.15. The second kappa shape index (κ2) is 7.23. The third-order valence-electron chi connectivity index (χ3n) is 3.25. The Hall–Kier alpha value is -3.42. The molecule has 0 spiro atoms. The van der Waals surface area contributed by atoms with Crippen LogP contribution in [0.25, 0.3) is 0 Å². The van der Waals surface area contributed by atoms with Crippen LogP contribution >= 0.6 is 0 Å². The van der Waals surface area contributed by atoms with Crippen LogP contribution in [-0.2, 0) is 6.61 Å². The molecule has 8 heteroatoms. The van der Waals surface area contributed by atoms with Gasteiger partial charge in [0, 0.05) is 6.07 Å². The molecule has 8 nitrogen and oxygen atoms in total. The van der Waals surface area contributed by atoms with Gasteiger partial charge in [0.05, 0.1) is 12.7 Å². The van der Waals surface area contributed by atoms with Crippen LogP contribution in [0.4, 0.5) is 5.95 Å². The fraction of sp³-hybridized carbons (Fsp3) is 0.125. The third-order valence-corrected chi connectivity index (χ3v) is 3.25. The number of aromatic nitrogens is 4. The van der Waals surface area contributed by atoms with E-state index in [-0.39, 0.29) is 11.9 Å². The maximum atomic E-state index is 12.4. The average Bonchev–Trinajstić information content (AvgIpc) is 3.13. The van der Waals surface area contributed by atoms with Crippen molar-refractivity contribution in [1.29, 1.82) is 0 Å². The summed E-state index contributed by atoms with van der Waals surface area (Å²) < 4.78 is 11.0. The fourth-order valence-electron chi connectivity index (χ4n) is 2.06. The van der Waals surface area contributed by atoms with E-state index in [0.29, 0.717) is 23.7 Å². The Balaban J connectivity index is 1.81. The molecule has 0 atom stereocenters. The molecular weight excluding hydrogens is 310 g/mol. The quantitative estimate of drug-likeness (QED) is 0.719. The molecule has 2 aromatic carbocycles. The van der Waals surface area contributed by atoms with Gasteiger partial charge in [0.1, 0.15) is 18.1 Å². The summed E-state index contributed by atoms with van der Waals surface area (Å²) in [5.41, 5.74) is 1.34. The number of H-pyrrole nitrogens is 1. The Morgan fingerprint density at radius 2 is 2.04 bits per heavy atom.